The highest BCUT2D eigenvalue weighted by molar-refractivity contribution is 7.89. The van der Waals surface area contributed by atoms with Gasteiger partial charge in [-0.2, -0.15) is 4.31 Å². The summed E-state index contributed by atoms with van der Waals surface area (Å²) >= 11 is 0. The Morgan fingerprint density at radius 1 is 1.00 bits per heavy atom. The maximum Gasteiger partial charge on any atom is 0.265 e. The van der Waals surface area contributed by atoms with Crippen molar-refractivity contribution < 1.29 is 22.7 Å². The van der Waals surface area contributed by atoms with Crippen molar-refractivity contribution in [2.24, 2.45) is 0 Å². The fraction of sp³-hybridized carbons (Fsp3) is 0.458. The monoisotopic (exact) mass is 460 g/mol. The molecule has 0 aromatic heterocycles. The van der Waals surface area contributed by atoms with E-state index in [4.69, 9.17) is 9.47 Å². The number of nitrogens with zero attached hydrogens (tertiary/aromatic N) is 1. The summed E-state index contributed by atoms with van der Waals surface area (Å²) in [6, 6.07) is 12.3. The number of anilines is 1. The van der Waals surface area contributed by atoms with Gasteiger partial charge in [-0.15, -0.1) is 0 Å². The molecule has 1 heterocycles. The first kappa shape index (κ1) is 24.1. The van der Waals surface area contributed by atoms with Gasteiger partial charge in [0.2, 0.25) is 10.0 Å². The highest BCUT2D eigenvalue weighted by Crippen LogP contribution is 2.31. The molecule has 3 rings (SSSR count). The van der Waals surface area contributed by atoms with Gasteiger partial charge in [-0.05, 0) is 55.5 Å². The second-order valence-corrected chi connectivity index (χ2v) is 10.2. The average molecular weight is 461 g/mol. The molecular weight excluding hydrogens is 428 g/mol. The number of amides is 1. The predicted molar refractivity (Wildman–Crippen MR) is 125 cm³/mol. The van der Waals surface area contributed by atoms with Gasteiger partial charge in [0.15, 0.2) is 6.10 Å². The van der Waals surface area contributed by atoms with Gasteiger partial charge in [-0.1, -0.05) is 38.5 Å². The van der Waals surface area contributed by atoms with E-state index in [1.165, 1.54) is 17.5 Å². The van der Waals surface area contributed by atoms with Gasteiger partial charge in [-0.25, -0.2) is 8.42 Å². The highest BCUT2D eigenvalue weighted by atomic mass is 32.2. The SMILES string of the molecule is COc1ccc(NC(=O)[C@H](C)Oc2ccccc2C(C)C)cc1S(=O)(=O)N1CCCCC1. The Morgan fingerprint density at radius 2 is 1.69 bits per heavy atom. The normalized spacial score (nSPS) is 15.9. The number of ether oxygens (including phenoxy) is 2. The van der Waals surface area contributed by atoms with E-state index in [9.17, 15) is 13.2 Å². The number of benzene rings is 2. The van der Waals surface area contributed by atoms with Crippen LogP contribution in [0.25, 0.3) is 0 Å². The van der Waals surface area contributed by atoms with Gasteiger partial charge in [0.1, 0.15) is 16.4 Å². The number of rotatable bonds is 8. The van der Waals surface area contributed by atoms with Crippen LogP contribution in [0.1, 0.15) is 51.5 Å². The number of nitrogens with one attached hydrogen (secondary N) is 1. The van der Waals surface area contributed by atoms with Gasteiger partial charge >= 0.3 is 0 Å². The molecule has 0 aliphatic carbocycles. The Kier molecular flexibility index (Phi) is 7.79. The molecule has 0 spiro atoms. The number of piperidine rings is 1. The second-order valence-electron chi connectivity index (χ2n) is 8.27. The minimum absolute atomic E-state index is 0.0541. The van der Waals surface area contributed by atoms with Gasteiger partial charge in [0.05, 0.1) is 7.11 Å². The molecule has 32 heavy (non-hydrogen) atoms. The van der Waals surface area contributed by atoms with Crippen LogP contribution in [0.4, 0.5) is 5.69 Å². The number of para-hydroxylation sites is 1. The van der Waals surface area contributed by atoms with E-state index in [0.29, 0.717) is 24.5 Å². The summed E-state index contributed by atoms with van der Waals surface area (Å²) in [4.78, 5) is 12.8. The van der Waals surface area contributed by atoms with Crippen molar-refractivity contribution in [2.45, 2.75) is 57.0 Å². The lowest BCUT2D eigenvalue weighted by molar-refractivity contribution is -0.122. The molecule has 1 saturated heterocycles. The largest absolute Gasteiger partial charge is 0.495 e. The van der Waals surface area contributed by atoms with E-state index < -0.39 is 16.1 Å². The Morgan fingerprint density at radius 3 is 2.34 bits per heavy atom. The van der Waals surface area contributed by atoms with Crippen LogP contribution in [0.3, 0.4) is 0 Å². The molecule has 1 aliphatic heterocycles. The zero-order valence-electron chi connectivity index (χ0n) is 19.1. The topological polar surface area (TPSA) is 84.9 Å². The molecular formula is C24H32N2O5S. The Bertz CT molecular complexity index is 1050. The summed E-state index contributed by atoms with van der Waals surface area (Å²) in [5.74, 6) is 0.803. The van der Waals surface area contributed by atoms with Crippen LogP contribution in [-0.2, 0) is 14.8 Å². The van der Waals surface area contributed by atoms with Gasteiger partial charge < -0.3 is 14.8 Å². The van der Waals surface area contributed by atoms with Gasteiger partial charge in [0.25, 0.3) is 5.91 Å². The van der Waals surface area contributed by atoms with Crippen LogP contribution >= 0.6 is 0 Å². The van der Waals surface area contributed by atoms with Crippen LogP contribution in [0.15, 0.2) is 47.4 Å². The van der Waals surface area contributed by atoms with E-state index in [-0.39, 0.29) is 22.5 Å². The lowest BCUT2D eigenvalue weighted by Gasteiger charge is -2.26. The van der Waals surface area contributed by atoms with Crippen molar-refractivity contribution in [3.05, 3.63) is 48.0 Å². The van der Waals surface area contributed by atoms with Crippen LogP contribution in [0.5, 0.6) is 11.5 Å². The van der Waals surface area contributed by atoms with Crippen molar-refractivity contribution in [2.75, 3.05) is 25.5 Å². The third-order valence-electron chi connectivity index (χ3n) is 5.58. The van der Waals surface area contributed by atoms with Gasteiger partial charge in [0, 0.05) is 18.8 Å². The summed E-state index contributed by atoms with van der Waals surface area (Å²) < 4.78 is 39.1. The Hall–Kier alpha value is -2.58. The van der Waals surface area contributed by atoms with Crippen molar-refractivity contribution in [3.8, 4) is 11.5 Å². The molecule has 7 nitrogen and oxygen atoms in total. The number of sulfonamides is 1. The fourth-order valence-electron chi connectivity index (χ4n) is 3.75. The van der Waals surface area contributed by atoms with Crippen molar-refractivity contribution in [1.29, 1.82) is 0 Å². The summed E-state index contributed by atoms with van der Waals surface area (Å²) in [5.41, 5.74) is 1.39. The Labute approximate surface area is 190 Å². The van der Waals surface area contributed by atoms with Crippen LogP contribution in [-0.4, -0.2) is 44.9 Å². The van der Waals surface area contributed by atoms with Gasteiger partial charge in [-0.3, -0.25) is 4.79 Å². The standard InChI is InChI=1S/C24H32N2O5S/c1-17(2)20-10-6-7-11-21(20)31-18(3)24(27)25-19-12-13-22(30-4)23(16-19)32(28,29)26-14-8-5-9-15-26/h6-7,10-13,16-18H,5,8-9,14-15H2,1-4H3,(H,25,27)/t18-/m0/s1. The Balaban J connectivity index is 1.79. The molecule has 1 aliphatic rings. The second kappa shape index (κ2) is 10.4. The number of hydrogen-bond acceptors (Lipinski definition) is 5. The van der Waals surface area contributed by atoms with E-state index in [1.807, 2.05) is 24.3 Å². The first-order chi connectivity index (χ1) is 15.2. The minimum atomic E-state index is -3.72. The fourth-order valence-corrected chi connectivity index (χ4v) is 5.45. The predicted octanol–water partition coefficient (Wildman–Crippen LogP) is 4.40. The number of methoxy groups -OCH3 is 1. The molecule has 0 saturated carbocycles. The quantitative estimate of drug-likeness (QED) is 0.631. The lowest BCUT2D eigenvalue weighted by atomic mass is 10.0. The first-order valence-corrected chi connectivity index (χ1v) is 12.4. The van der Waals surface area contributed by atoms with E-state index in [2.05, 4.69) is 19.2 Å². The molecule has 1 fully saturated rings. The zero-order valence-corrected chi connectivity index (χ0v) is 19.9. The smallest absolute Gasteiger partial charge is 0.265 e. The maximum absolute atomic E-state index is 13.2. The van der Waals surface area contributed by atoms with E-state index in [1.54, 1.807) is 19.1 Å². The third-order valence-corrected chi connectivity index (χ3v) is 7.50. The summed E-state index contributed by atoms with van der Waals surface area (Å²) in [7, 11) is -2.29. The molecule has 0 radical (unpaired) electrons. The maximum atomic E-state index is 13.2. The van der Waals surface area contributed by atoms with Crippen molar-refractivity contribution in [3.63, 3.8) is 0 Å². The number of carbonyl (C=O) groups excluding carboxylic acids is 1. The molecule has 2 aromatic rings. The summed E-state index contributed by atoms with van der Waals surface area (Å²) in [6.45, 7) is 6.77. The van der Waals surface area contributed by atoms with Crippen molar-refractivity contribution in [1.82, 2.24) is 4.31 Å². The molecule has 1 atom stereocenters. The minimum Gasteiger partial charge on any atom is -0.495 e. The lowest BCUT2D eigenvalue weighted by Crippen LogP contribution is -2.36. The molecule has 0 bridgehead atoms. The van der Waals surface area contributed by atoms with E-state index >= 15 is 0 Å². The molecule has 1 amide bonds. The molecule has 1 N–H and O–H groups in total. The van der Waals surface area contributed by atoms with Crippen LogP contribution < -0.4 is 14.8 Å². The molecule has 8 heteroatoms. The molecule has 174 valence electrons. The summed E-state index contributed by atoms with van der Waals surface area (Å²) in [6.07, 6.45) is 1.94. The van der Waals surface area contributed by atoms with E-state index in [0.717, 1.165) is 24.8 Å². The molecule has 2 aromatic carbocycles. The number of carbonyl (C=O) groups is 1. The van der Waals surface area contributed by atoms with Crippen LogP contribution in [0.2, 0.25) is 0 Å². The average Bonchev–Trinajstić information content (AvgIpc) is 2.79. The van der Waals surface area contributed by atoms with Crippen LogP contribution in [0, 0.1) is 0 Å². The molecule has 0 unspecified atom stereocenters. The zero-order chi connectivity index (χ0) is 23.3. The highest BCUT2D eigenvalue weighted by Gasteiger charge is 2.29. The first-order valence-electron chi connectivity index (χ1n) is 11.0. The number of hydrogen-bond donors (Lipinski definition) is 1. The third kappa shape index (κ3) is 5.42. The summed E-state index contributed by atoms with van der Waals surface area (Å²) in [5, 5.41) is 2.77. The van der Waals surface area contributed by atoms with Crippen molar-refractivity contribution >= 4 is 21.6 Å².